The van der Waals surface area contributed by atoms with Crippen LogP contribution >= 0.6 is 0 Å². The monoisotopic (exact) mass is 494 g/mol. The lowest BCUT2D eigenvalue weighted by molar-refractivity contribution is -0.124. The number of amides is 3. The van der Waals surface area contributed by atoms with E-state index < -0.39 is 11.5 Å². The van der Waals surface area contributed by atoms with Crippen molar-refractivity contribution in [3.05, 3.63) is 35.8 Å². The van der Waals surface area contributed by atoms with Crippen LogP contribution in [0.15, 0.2) is 24.5 Å². The van der Waals surface area contributed by atoms with E-state index in [1.54, 1.807) is 31.6 Å². The summed E-state index contributed by atoms with van der Waals surface area (Å²) in [6, 6.07) is 2.66. The minimum absolute atomic E-state index is 0.0297. The van der Waals surface area contributed by atoms with Gasteiger partial charge in [-0.15, -0.1) is 0 Å². The number of hydrogen-bond acceptors (Lipinski definition) is 6. The lowest BCUT2D eigenvalue weighted by Gasteiger charge is -2.31. The van der Waals surface area contributed by atoms with Gasteiger partial charge in [-0.2, -0.15) is 5.10 Å². The number of aromatic nitrogens is 3. The first-order valence-electron chi connectivity index (χ1n) is 13.0. The van der Waals surface area contributed by atoms with Crippen LogP contribution in [0.1, 0.15) is 73.8 Å². The van der Waals surface area contributed by atoms with E-state index in [-0.39, 0.29) is 23.6 Å². The molecule has 0 radical (unpaired) electrons. The standard InChI is InChI=1S/C26H34N6O4/c1-32-20(9-12-28-32)23(33)31-22(17-7-5-3-2-4-6-8-17)24(34)30-21-15-19-18(16-27-21)26(25(35)29-19)10-13-36-14-11-26/h9,12,15-17,22H,2-8,10-11,13-14H2,1H3,(H,29,35)(H,31,33)(H,27,30,34). The number of fused-ring (bicyclic) bond motifs is 2. The maximum absolute atomic E-state index is 13.6. The average molecular weight is 495 g/mol. The number of carbonyl (C=O) groups excluding carboxylic acids is 3. The SMILES string of the molecule is Cn1nccc1C(=O)NC(C(=O)Nc1cc2c(cn1)C1(CCOCC1)C(=O)N2)C1CCCCCCC1. The molecule has 10 nitrogen and oxygen atoms in total. The summed E-state index contributed by atoms with van der Waals surface area (Å²) in [7, 11) is 1.70. The third-order valence-corrected chi connectivity index (χ3v) is 7.94. The van der Waals surface area contributed by atoms with E-state index in [1.165, 1.54) is 11.1 Å². The van der Waals surface area contributed by atoms with E-state index in [4.69, 9.17) is 4.74 Å². The molecule has 10 heteroatoms. The molecule has 5 rings (SSSR count). The van der Waals surface area contributed by atoms with Crippen molar-refractivity contribution in [3.8, 4) is 0 Å². The predicted octanol–water partition coefficient (Wildman–Crippen LogP) is 2.91. The molecule has 2 aromatic heterocycles. The quantitative estimate of drug-likeness (QED) is 0.587. The summed E-state index contributed by atoms with van der Waals surface area (Å²) in [4.78, 5) is 43.9. The summed E-state index contributed by atoms with van der Waals surface area (Å²) in [6.07, 6.45) is 11.8. The number of aryl methyl sites for hydroxylation is 1. The van der Waals surface area contributed by atoms with Crippen molar-refractivity contribution >= 4 is 29.2 Å². The fraction of sp³-hybridized carbons (Fsp3) is 0.577. The Bertz CT molecular complexity index is 1130. The second kappa shape index (κ2) is 10.4. The molecule has 4 heterocycles. The van der Waals surface area contributed by atoms with E-state index in [1.807, 2.05) is 0 Å². The highest BCUT2D eigenvalue weighted by atomic mass is 16.5. The molecule has 2 aromatic rings. The Morgan fingerprint density at radius 2 is 1.89 bits per heavy atom. The highest BCUT2D eigenvalue weighted by Crippen LogP contribution is 2.44. The van der Waals surface area contributed by atoms with E-state index in [9.17, 15) is 14.4 Å². The molecule has 1 spiro atoms. The number of nitrogens with one attached hydrogen (secondary N) is 3. The lowest BCUT2D eigenvalue weighted by Crippen LogP contribution is -2.49. The van der Waals surface area contributed by atoms with Crippen LogP contribution in [0.3, 0.4) is 0 Å². The second-order valence-electron chi connectivity index (χ2n) is 10.1. The molecular formula is C26H34N6O4. The molecule has 192 valence electrons. The van der Waals surface area contributed by atoms with Gasteiger partial charge in [-0.25, -0.2) is 4.98 Å². The first kappa shape index (κ1) is 24.4. The second-order valence-corrected chi connectivity index (χ2v) is 10.1. The van der Waals surface area contributed by atoms with Gasteiger partial charge in [-0.1, -0.05) is 32.1 Å². The number of rotatable bonds is 5. The molecule has 0 bridgehead atoms. The van der Waals surface area contributed by atoms with E-state index in [0.29, 0.717) is 43.3 Å². The fourth-order valence-corrected chi connectivity index (χ4v) is 5.82. The molecule has 1 unspecified atom stereocenters. The maximum atomic E-state index is 13.6. The number of carbonyl (C=O) groups is 3. The molecule has 2 aliphatic heterocycles. The van der Waals surface area contributed by atoms with Crippen LogP contribution in [0.25, 0.3) is 0 Å². The van der Waals surface area contributed by atoms with Crippen molar-refractivity contribution < 1.29 is 19.1 Å². The summed E-state index contributed by atoms with van der Waals surface area (Å²) >= 11 is 0. The van der Waals surface area contributed by atoms with Crippen LogP contribution in [0.4, 0.5) is 11.5 Å². The highest BCUT2D eigenvalue weighted by molar-refractivity contribution is 6.07. The molecule has 3 amide bonds. The normalized spacial score (nSPS) is 20.6. The summed E-state index contributed by atoms with van der Waals surface area (Å²) in [6.45, 7) is 1.07. The van der Waals surface area contributed by atoms with Gasteiger partial charge in [0.15, 0.2) is 0 Å². The molecule has 36 heavy (non-hydrogen) atoms. The Hall–Kier alpha value is -3.27. The zero-order chi connectivity index (χ0) is 25.1. The van der Waals surface area contributed by atoms with Crippen LogP contribution < -0.4 is 16.0 Å². The van der Waals surface area contributed by atoms with Crippen LogP contribution in [0, 0.1) is 5.92 Å². The van der Waals surface area contributed by atoms with Crippen molar-refractivity contribution in [1.82, 2.24) is 20.1 Å². The molecular weight excluding hydrogens is 460 g/mol. The molecule has 1 atom stereocenters. The molecule has 3 aliphatic rings. The van der Waals surface area contributed by atoms with Crippen molar-refractivity contribution in [3.63, 3.8) is 0 Å². The molecule has 1 saturated carbocycles. The minimum Gasteiger partial charge on any atom is -0.381 e. The van der Waals surface area contributed by atoms with Gasteiger partial charge in [0.25, 0.3) is 5.91 Å². The van der Waals surface area contributed by atoms with Gasteiger partial charge in [0, 0.05) is 44.3 Å². The van der Waals surface area contributed by atoms with Crippen molar-refractivity contribution in [2.45, 2.75) is 69.2 Å². The van der Waals surface area contributed by atoms with Crippen molar-refractivity contribution in [2.24, 2.45) is 13.0 Å². The van der Waals surface area contributed by atoms with Crippen LogP contribution in [-0.4, -0.2) is 51.7 Å². The largest absolute Gasteiger partial charge is 0.381 e. The summed E-state index contributed by atoms with van der Waals surface area (Å²) in [5.41, 5.74) is 1.32. The summed E-state index contributed by atoms with van der Waals surface area (Å²) in [5.74, 6) is -0.278. The number of ether oxygens (including phenoxy) is 1. The first-order valence-corrected chi connectivity index (χ1v) is 13.0. The Labute approximate surface area is 210 Å². The van der Waals surface area contributed by atoms with E-state index >= 15 is 0 Å². The first-order chi connectivity index (χ1) is 17.5. The Balaban J connectivity index is 1.36. The Kier molecular flexibility index (Phi) is 7.04. The predicted molar refractivity (Wildman–Crippen MR) is 133 cm³/mol. The highest BCUT2D eigenvalue weighted by Gasteiger charge is 2.48. The third kappa shape index (κ3) is 4.74. The zero-order valence-electron chi connectivity index (χ0n) is 20.7. The summed E-state index contributed by atoms with van der Waals surface area (Å²) < 4.78 is 6.96. The van der Waals surface area contributed by atoms with Gasteiger partial charge in [-0.05, 0) is 37.7 Å². The number of anilines is 2. The van der Waals surface area contributed by atoms with Crippen molar-refractivity contribution in [1.29, 1.82) is 0 Å². The molecule has 2 fully saturated rings. The van der Waals surface area contributed by atoms with Gasteiger partial charge in [0.2, 0.25) is 11.8 Å². The fourth-order valence-electron chi connectivity index (χ4n) is 5.82. The van der Waals surface area contributed by atoms with Crippen LogP contribution in [0.5, 0.6) is 0 Å². The molecule has 1 saturated heterocycles. The topological polar surface area (TPSA) is 127 Å². The Morgan fingerprint density at radius 1 is 1.17 bits per heavy atom. The van der Waals surface area contributed by atoms with Crippen LogP contribution in [-0.2, 0) is 26.8 Å². The summed E-state index contributed by atoms with van der Waals surface area (Å²) in [5, 5.41) is 12.9. The lowest BCUT2D eigenvalue weighted by atomic mass is 9.76. The number of pyridine rings is 1. The average Bonchev–Trinajstić information content (AvgIpc) is 3.39. The van der Waals surface area contributed by atoms with Crippen molar-refractivity contribution in [2.75, 3.05) is 23.8 Å². The van der Waals surface area contributed by atoms with Gasteiger partial charge < -0.3 is 20.7 Å². The van der Waals surface area contributed by atoms with Gasteiger partial charge in [0.05, 0.1) is 11.1 Å². The third-order valence-electron chi connectivity index (χ3n) is 7.94. The number of nitrogens with zero attached hydrogens (tertiary/aromatic N) is 3. The van der Waals surface area contributed by atoms with E-state index in [2.05, 4.69) is 26.0 Å². The Morgan fingerprint density at radius 3 is 2.58 bits per heavy atom. The molecule has 3 N–H and O–H groups in total. The van der Waals surface area contributed by atoms with Crippen LogP contribution in [0.2, 0.25) is 0 Å². The molecule has 0 aromatic carbocycles. The van der Waals surface area contributed by atoms with Gasteiger partial charge >= 0.3 is 0 Å². The molecule has 1 aliphatic carbocycles. The minimum atomic E-state index is -0.697. The van der Waals surface area contributed by atoms with E-state index in [0.717, 1.165) is 44.1 Å². The zero-order valence-corrected chi connectivity index (χ0v) is 20.7. The smallest absolute Gasteiger partial charge is 0.270 e. The maximum Gasteiger partial charge on any atom is 0.270 e. The number of hydrogen-bond donors (Lipinski definition) is 3. The van der Waals surface area contributed by atoms with Gasteiger partial charge in [0.1, 0.15) is 17.6 Å². The van der Waals surface area contributed by atoms with Gasteiger partial charge in [-0.3, -0.25) is 19.1 Å².